The molecule has 0 aliphatic carbocycles. The zero-order valence-electron chi connectivity index (χ0n) is 8.20. The minimum atomic E-state index is -0.665. The van der Waals surface area contributed by atoms with Gasteiger partial charge in [0, 0.05) is 10.5 Å². The van der Waals surface area contributed by atoms with Crippen molar-refractivity contribution in [2.45, 2.75) is 19.1 Å². The fourth-order valence-corrected chi connectivity index (χ4v) is 1.67. The molecule has 0 saturated carbocycles. The molecule has 1 aromatic carbocycles. The standard InChI is InChI=1S/C10H14BrNO2/c1-6(12)10(13)7-3-8(11)5-9(4-7)14-2/h3-6,10,13H,12H2,1-2H3/t6-,10-/m0/s1. The second-order valence-corrected chi connectivity index (χ2v) is 4.14. The Hall–Kier alpha value is -0.580. The molecule has 0 amide bonds. The molecular formula is C10H14BrNO2. The first kappa shape index (κ1) is 11.5. The number of halogens is 1. The van der Waals surface area contributed by atoms with Gasteiger partial charge in [0.25, 0.3) is 0 Å². The van der Waals surface area contributed by atoms with Crippen LogP contribution in [0.1, 0.15) is 18.6 Å². The Bertz CT molecular complexity index is 315. The molecule has 0 saturated heterocycles. The summed E-state index contributed by atoms with van der Waals surface area (Å²) < 4.78 is 5.95. The van der Waals surface area contributed by atoms with E-state index in [1.807, 2.05) is 12.1 Å². The van der Waals surface area contributed by atoms with Crippen molar-refractivity contribution in [3.05, 3.63) is 28.2 Å². The maximum Gasteiger partial charge on any atom is 0.120 e. The molecule has 0 unspecified atom stereocenters. The van der Waals surface area contributed by atoms with Crippen molar-refractivity contribution in [2.75, 3.05) is 7.11 Å². The number of hydrogen-bond acceptors (Lipinski definition) is 3. The van der Waals surface area contributed by atoms with Gasteiger partial charge in [-0.1, -0.05) is 15.9 Å². The number of nitrogens with two attached hydrogens (primary N) is 1. The number of methoxy groups -OCH3 is 1. The Morgan fingerprint density at radius 1 is 1.43 bits per heavy atom. The van der Waals surface area contributed by atoms with Crippen molar-refractivity contribution in [1.82, 2.24) is 0 Å². The average molecular weight is 260 g/mol. The highest BCUT2D eigenvalue weighted by Gasteiger charge is 2.13. The third kappa shape index (κ3) is 2.70. The maximum atomic E-state index is 9.74. The largest absolute Gasteiger partial charge is 0.497 e. The highest BCUT2D eigenvalue weighted by molar-refractivity contribution is 9.10. The van der Waals surface area contributed by atoms with Crippen LogP contribution in [0.2, 0.25) is 0 Å². The van der Waals surface area contributed by atoms with Crippen LogP contribution in [0.25, 0.3) is 0 Å². The zero-order chi connectivity index (χ0) is 10.7. The first-order valence-corrected chi connectivity index (χ1v) is 5.12. The Morgan fingerprint density at radius 2 is 2.07 bits per heavy atom. The van der Waals surface area contributed by atoms with Gasteiger partial charge >= 0.3 is 0 Å². The van der Waals surface area contributed by atoms with E-state index >= 15 is 0 Å². The molecule has 0 bridgehead atoms. The minimum absolute atomic E-state index is 0.297. The van der Waals surface area contributed by atoms with Gasteiger partial charge in [0.1, 0.15) is 5.75 Å². The number of aliphatic hydroxyl groups excluding tert-OH is 1. The smallest absolute Gasteiger partial charge is 0.120 e. The van der Waals surface area contributed by atoms with Crippen molar-refractivity contribution < 1.29 is 9.84 Å². The van der Waals surface area contributed by atoms with Crippen molar-refractivity contribution in [3.8, 4) is 5.75 Å². The van der Waals surface area contributed by atoms with E-state index in [9.17, 15) is 5.11 Å². The summed E-state index contributed by atoms with van der Waals surface area (Å²) in [6, 6.07) is 5.14. The third-order valence-electron chi connectivity index (χ3n) is 1.97. The normalized spacial score (nSPS) is 14.9. The van der Waals surface area contributed by atoms with Gasteiger partial charge in [-0.05, 0) is 30.7 Å². The lowest BCUT2D eigenvalue weighted by molar-refractivity contribution is 0.153. The SMILES string of the molecule is COc1cc(Br)cc([C@@H](O)[C@H](C)N)c1. The van der Waals surface area contributed by atoms with Gasteiger partial charge in [-0.15, -0.1) is 0 Å². The van der Waals surface area contributed by atoms with Gasteiger partial charge in [0.15, 0.2) is 0 Å². The molecule has 3 nitrogen and oxygen atoms in total. The minimum Gasteiger partial charge on any atom is -0.497 e. The highest BCUT2D eigenvalue weighted by Crippen LogP contribution is 2.26. The molecule has 2 atom stereocenters. The molecule has 0 heterocycles. The molecule has 0 aliphatic heterocycles. The quantitative estimate of drug-likeness (QED) is 0.871. The number of ether oxygens (including phenoxy) is 1. The second kappa shape index (κ2) is 4.77. The predicted molar refractivity (Wildman–Crippen MR) is 59.3 cm³/mol. The molecule has 1 aromatic rings. The zero-order valence-corrected chi connectivity index (χ0v) is 9.78. The first-order valence-electron chi connectivity index (χ1n) is 4.32. The van der Waals surface area contributed by atoms with Crippen LogP contribution in [0.4, 0.5) is 0 Å². The van der Waals surface area contributed by atoms with Crippen LogP contribution in [0.5, 0.6) is 5.75 Å². The van der Waals surface area contributed by atoms with Crippen LogP contribution in [-0.4, -0.2) is 18.3 Å². The topological polar surface area (TPSA) is 55.5 Å². The summed E-state index contributed by atoms with van der Waals surface area (Å²) in [4.78, 5) is 0. The maximum absolute atomic E-state index is 9.74. The lowest BCUT2D eigenvalue weighted by Crippen LogP contribution is -2.24. The molecule has 78 valence electrons. The van der Waals surface area contributed by atoms with E-state index < -0.39 is 6.10 Å². The van der Waals surface area contributed by atoms with Crippen molar-refractivity contribution in [3.63, 3.8) is 0 Å². The van der Waals surface area contributed by atoms with E-state index in [0.29, 0.717) is 5.75 Å². The Kier molecular flexibility index (Phi) is 3.92. The fourth-order valence-electron chi connectivity index (χ4n) is 1.18. The van der Waals surface area contributed by atoms with E-state index in [1.54, 1.807) is 20.1 Å². The molecule has 1 rings (SSSR count). The fraction of sp³-hybridized carbons (Fsp3) is 0.400. The van der Waals surface area contributed by atoms with E-state index in [-0.39, 0.29) is 6.04 Å². The van der Waals surface area contributed by atoms with Crippen LogP contribution in [0.15, 0.2) is 22.7 Å². The van der Waals surface area contributed by atoms with E-state index in [0.717, 1.165) is 10.0 Å². The number of hydrogen-bond donors (Lipinski definition) is 2. The summed E-state index contributed by atoms with van der Waals surface area (Å²) in [6.07, 6.45) is -0.665. The molecule has 0 aliphatic rings. The molecule has 0 radical (unpaired) electrons. The van der Waals surface area contributed by atoms with Gasteiger partial charge in [-0.2, -0.15) is 0 Å². The molecule has 0 fully saturated rings. The van der Waals surface area contributed by atoms with Gasteiger partial charge in [-0.25, -0.2) is 0 Å². The summed E-state index contributed by atoms with van der Waals surface area (Å²) in [5.74, 6) is 0.703. The molecule has 0 spiro atoms. The molecule has 4 heteroatoms. The summed E-state index contributed by atoms with van der Waals surface area (Å²) in [7, 11) is 1.59. The average Bonchev–Trinajstić information content (AvgIpc) is 2.15. The van der Waals surface area contributed by atoms with Gasteiger partial charge in [0.2, 0.25) is 0 Å². The molecule has 14 heavy (non-hydrogen) atoms. The summed E-state index contributed by atoms with van der Waals surface area (Å²) in [5, 5.41) is 9.74. The van der Waals surface area contributed by atoms with Crippen molar-refractivity contribution >= 4 is 15.9 Å². The molecule has 3 N–H and O–H groups in total. The highest BCUT2D eigenvalue weighted by atomic mass is 79.9. The predicted octanol–water partition coefficient (Wildman–Crippen LogP) is 1.84. The first-order chi connectivity index (χ1) is 6.54. The lowest BCUT2D eigenvalue weighted by Gasteiger charge is -2.16. The number of aliphatic hydroxyl groups is 1. The van der Waals surface area contributed by atoms with E-state index in [1.165, 1.54) is 0 Å². The molecule has 0 aromatic heterocycles. The Morgan fingerprint density at radius 3 is 2.57 bits per heavy atom. The van der Waals surface area contributed by atoms with Crippen LogP contribution < -0.4 is 10.5 Å². The van der Waals surface area contributed by atoms with Crippen molar-refractivity contribution in [2.24, 2.45) is 5.73 Å². The number of benzene rings is 1. The van der Waals surface area contributed by atoms with Crippen LogP contribution in [0.3, 0.4) is 0 Å². The van der Waals surface area contributed by atoms with Crippen LogP contribution in [-0.2, 0) is 0 Å². The van der Waals surface area contributed by atoms with Gasteiger partial charge in [-0.3, -0.25) is 0 Å². The lowest BCUT2D eigenvalue weighted by atomic mass is 10.0. The Labute approximate surface area is 92.0 Å². The van der Waals surface area contributed by atoms with Crippen molar-refractivity contribution in [1.29, 1.82) is 0 Å². The number of rotatable bonds is 3. The third-order valence-corrected chi connectivity index (χ3v) is 2.43. The summed E-state index contributed by atoms with van der Waals surface area (Å²) >= 11 is 3.34. The summed E-state index contributed by atoms with van der Waals surface area (Å²) in [5.41, 5.74) is 6.36. The van der Waals surface area contributed by atoms with E-state index in [4.69, 9.17) is 10.5 Å². The van der Waals surface area contributed by atoms with Gasteiger partial charge in [0.05, 0.1) is 13.2 Å². The monoisotopic (exact) mass is 259 g/mol. The Balaban J connectivity index is 3.02. The van der Waals surface area contributed by atoms with Crippen LogP contribution in [0, 0.1) is 0 Å². The molecular weight excluding hydrogens is 246 g/mol. The van der Waals surface area contributed by atoms with Crippen LogP contribution >= 0.6 is 15.9 Å². The summed E-state index contributed by atoms with van der Waals surface area (Å²) in [6.45, 7) is 1.76. The van der Waals surface area contributed by atoms with E-state index in [2.05, 4.69) is 15.9 Å². The van der Waals surface area contributed by atoms with Gasteiger partial charge < -0.3 is 15.6 Å². The second-order valence-electron chi connectivity index (χ2n) is 3.23.